The van der Waals surface area contributed by atoms with Gasteiger partial charge in [0.2, 0.25) is 23.5 Å². The lowest BCUT2D eigenvalue weighted by Crippen LogP contribution is -2.41. The molecule has 1 aromatic carbocycles. The molecule has 0 aliphatic heterocycles. The van der Waals surface area contributed by atoms with E-state index in [9.17, 15) is 24.0 Å². The number of rotatable bonds is 13. The van der Waals surface area contributed by atoms with Crippen LogP contribution in [-0.2, 0) is 30.4 Å². The fourth-order valence-electron chi connectivity index (χ4n) is 2.76. The number of nitrogens with two attached hydrogens (primary N) is 1. The van der Waals surface area contributed by atoms with Gasteiger partial charge in [-0.1, -0.05) is 36.3 Å². The number of aromatic nitrogens is 2. The van der Waals surface area contributed by atoms with Crippen LogP contribution in [0.15, 0.2) is 28.8 Å². The van der Waals surface area contributed by atoms with Gasteiger partial charge in [-0.05, 0) is 18.4 Å². The number of nitrogens with one attached hydrogen (secondary N) is 1. The van der Waals surface area contributed by atoms with Gasteiger partial charge in [0.25, 0.3) is 0 Å². The Morgan fingerprint density at radius 3 is 2.11 bits per heavy atom. The van der Waals surface area contributed by atoms with Crippen LogP contribution in [0.25, 0.3) is 11.4 Å². The second-order valence-electron chi connectivity index (χ2n) is 7.57. The summed E-state index contributed by atoms with van der Waals surface area (Å²) in [7, 11) is 0. The highest BCUT2D eigenvalue weighted by Crippen LogP contribution is 2.17. The van der Waals surface area contributed by atoms with E-state index < -0.39 is 29.7 Å². The van der Waals surface area contributed by atoms with E-state index in [1.807, 2.05) is 24.3 Å². The first-order valence-electron chi connectivity index (χ1n) is 10.9. The van der Waals surface area contributed by atoms with E-state index in [2.05, 4.69) is 15.5 Å². The number of benzene rings is 1. The highest BCUT2D eigenvalue weighted by atomic mass is 16.5. The Hall–Kier alpha value is -4.09. The summed E-state index contributed by atoms with van der Waals surface area (Å²) >= 11 is 0. The Morgan fingerprint density at radius 1 is 1.00 bits per heavy atom. The summed E-state index contributed by atoms with van der Waals surface area (Å²) in [6, 6.07) is 6.36. The Labute approximate surface area is 201 Å². The third kappa shape index (κ3) is 12.1. The molecule has 35 heavy (non-hydrogen) atoms. The van der Waals surface area contributed by atoms with Gasteiger partial charge in [-0.25, -0.2) is 0 Å². The van der Waals surface area contributed by atoms with E-state index in [0.29, 0.717) is 18.1 Å². The van der Waals surface area contributed by atoms with Gasteiger partial charge >= 0.3 is 11.9 Å². The SMILES string of the molecule is CCC(=O)O.Cc1nc(-c2ccc(CCC(=O)N[C@@H](CCC(=O)O)C(=O)CCC(N)=O)cc2)no1. The van der Waals surface area contributed by atoms with Crippen LogP contribution in [0.1, 0.15) is 56.9 Å². The standard InChI is InChI=1S/C20H24N4O6.C3H6O2/c1-12-22-20(24-30-12)14-5-2-13(3-6-14)4-10-18(27)23-15(7-11-19(28)29)16(25)8-9-17(21)26;1-2-3(4)5/h2-3,5-6,15H,4,7-11H2,1H3,(H2,21,26)(H,23,27)(H,28,29);2H2,1H3,(H,4,5)/t15-;/m0./s1. The zero-order chi connectivity index (χ0) is 26.4. The third-order valence-electron chi connectivity index (χ3n) is 4.67. The minimum absolute atomic E-state index is 0.0442. The average Bonchev–Trinajstić information content (AvgIpc) is 3.25. The Morgan fingerprint density at radius 2 is 1.63 bits per heavy atom. The molecule has 2 aromatic rings. The molecule has 0 aliphatic carbocycles. The van der Waals surface area contributed by atoms with Crippen molar-refractivity contribution in [3.63, 3.8) is 0 Å². The summed E-state index contributed by atoms with van der Waals surface area (Å²) in [6.45, 7) is 3.30. The quantitative estimate of drug-likeness (QED) is 0.319. The van der Waals surface area contributed by atoms with Gasteiger partial charge in [0, 0.05) is 44.6 Å². The van der Waals surface area contributed by atoms with Crippen LogP contribution in [0.4, 0.5) is 0 Å². The van der Waals surface area contributed by atoms with Crippen molar-refractivity contribution < 1.29 is 38.7 Å². The van der Waals surface area contributed by atoms with Crippen LogP contribution in [0.5, 0.6) is 0 Å². The second kappa shape index (κ2) is 14.9. The van der Waals surface area contributed by atoms with E-state index in [-0.39, 0.29) is 44.4 Å². The number of aryl methyl sites for hydroxylation is 2. The molecule has 5 N–H and O–H groups in total. The smallest absolute Gasteiger partial charge is 0.303 e. The molecule has 0 spiro atoms. The zero-order valence-electron chi connectivity index (χ0n) is 19.7. The Kier molecular flexibility index (Phi) is 12.4. The van der Waals surface area contributed by atoms with Crippen LogP contribution in [0.3, 0.4) is 0 Å². The molecule has 0 saturated carbocycles. The third-order valence-corrected chi connectivity index (χ3v) is 4.67. The van der Waals surface area contributed by atoms with Crippen molar-refractivity contribution in [1.82, 2.24) is 15.5 Å². The van der Waals surface area contributed by atoms with E-state index in [4.69, 9.17) is 20.5 Å². The average molecular weight is 491 g/mol. The molecule has 1 heterocycles. The van der Waals surface area contributed by atoms with Gasteiger partial charge in [0.05, 0.1) is 6.04 Å². The molecular formula is C23H30N4O8. The molecule has 12 nitrogen and oxygen atoms in total. The molecule has 2 amide bonds. The molecule has 1 atom stereocenters. The van der Waals surface area contributed by atoms with Gasteiger partial charge < -0.3 is 25.8 Å². The lowest BCUT2D eigenvalue weighted by atomic mass is 10.0. The number of primary amides is 1. The molecular weight excluding hydrogens is 460 g/mol. The maximum absolute atomic E-state index is 12.3. The van der Waals surface area contributed by atoms with Gasteiger partial charge in [0.15, 0.2) is 5.78 Å². The number of Topliss-reactive ketones (excluding diaryl/α,β-unsaturated/α-hetero) is 1. The van der Waals surface area contributed by atoms with Crippen LogP contribution in [0, 0.1) is 6.92 Å². The number of aliphatic carboxylic acids is 2. The molecule has 12 heteroatoms. The van der Waals surface area contributed by atoms with Crippen molar-refractivity contribution in [2.45, 2.75) is 64.8 Å². The molecule has 0 fully saturated rings. The predicted molar refractivity (Wildman–Crippen MR) is 123 cm³/mol. The molecule has 2 rings (SSSR count). The van der Waals surface area contributed by atoms with Crippen molar-refractivity contribution in [1.29, 1.82) is 0 Å². The summed E-state index contributed by atoms with van der Waals surface area (Å²) in [5.74, 6) is -2.30. The number of nitrogens with zero attached hydrogens (tertiary/aromatic N) is 2. The maximum Gasteiger partial charge on any atom is 0.303 e. The van der Waals surface area contributed by atoms with Crippen molar-refractivity contribution in [2.75, 3.05) is 0 Å². The number of hydrogen-bond donors (Lipinski definition) is 4. The summed E-state index contributed by atoms with van der Waals surface area (Å²) in [4.78, 5) is 59.7. The number of carboxylic acid groups (broad SMARTS) is 2. The number of amides is 2. The van der Waals surface area contributed by atoms with Crippen LogP contribution >= 0.6 is 0 Å². The predicted octanol–water partition coefficient (Wildman–Crippen LogP) is 1.64. The first-order chi connectivity index (χ1) is 16.5. The van der Waals surface area contributed by atoms with Crippen molar-refractivity contribution in [3.8, 4) is 11.4 Å². The van der Waals surface area contributed by atoms with Crippen LogP contribution in [-0.4, -0.2) is 55.9 Å². The van der Waals surface area contributed by atoms with E-state index in [0.717, 1.165) is 11.1 Å². The molecule has 0 unspecified atom stereocenters. The highest BCUT2D eigenvalue weighted by molar-refractivity contribution is 5.91. The minimum atomic E-state index is -1.08. The summed E-state index contributed by atoms with van der Waals surface area (Å²) in [6.07, 6.45) is 0.162. The fraction of sp³-hybridized carbons (Fsp3) is 0.435. The van der Waals surface area contributed by atoms with Gasteiger partial charge in [0.1, 0.15) is 0 Å². The molecule has 0 bridgehead atoms. The molecule has 190 valence electrons. The molecule has 0 radical (unpaired) electrons. The number of carbonyl (C=O) groups is 5. The lowest BCUT2D eigenvalue weighted by Gasteiger charge is -2.17. The summed E-state index contributed by atoms with van der Waals surface area (Å²) in [5, 5.41) is 23.0. The van der Waals surface area contributed by atoms with Crippen molar-refractivity contribution in [2.24, 2.45) is 5.73 Å². The topological polar surface area (TPSA) is 203 Å². The second-order valence-corrected chi connectivity index (χ2v) is 7.57. The molecule has 0 aliphatic rings. The lowest BCUT2D eigenvalue weighted by molar-refractivity contribution is -0.138. The van der Waals surface area contributed by atoms with E-state index >= 15 is 0 Å². The van der Waals surface area contributed by atoms with Crippen LogP contribution < -0.4 is 11.1 Å². The largest absolute Gasteiger partial charge is 0.481 e. The first kappa shape index (κ1) is 28.9. The number of carbonyl (C=O) groups excluding carboxylic acids is 3. The minimum Gasteiger partial charge on any atom is -0.481 e. The number of ketones is 1. The van der Waals surface area contributed by atoms with Gasteiger partial charge in [-0.2, -0.15) is 4.98 Å². The van der Waals surface area contributed by atoms with Gasteiger partial charge in [-0.3, -0.25) is 24.0 Å². The number of hydrogen-bond acceptors (Lipinski definition) is 8. The maximum atomic E-state index is 12.3. The highest BCUT2D eigenvalue weighted by Gasteiger charge is 2.22. The Balaban J connectivity index is 0.00000111. The van der Waals surface area contributed by atoms with Crippen LogP contribution in [0.2, 0.25) is 0 Å². The van der Waals surface area contributed by atoms with Crippen molar-refractivity contribution >= 4 is 29.5 Å². The zero-order valence-corrected chi connectivity index (χ0v) is 19.7. The normalized spacial score (nSPS) is 11.0. The summed E-state index contributed by atoms with van der Waals surface area (Å²) in [5.41, 5.74) is 6.72. The Bertz CT molecular complexity index is 1020. The molecule has 1 aromatic heterocycles. The van der Waals surface area contributed by atoms with Gasteiger partial charge in [-0.15, -0.1) is 0 Å². The summed E-state index contributed by atoms with van der Waals surface area (Å²) < 4.78 is 4.95. The van der Waals surface area contributed by atoms with Crippen molar-refractivity contribution in [3.05, 3.63) is 35.7 Å². The monoisotopic (exact) mass is 490 g/mol. The fourth-order valence-corrected chi connectivity index (χ4v) is 2.76. The molecule has 0 saturated heterocycles. The van der Waals surface area contributed by atoms with E-state index in [1.165, 1.54) is 0 Å². The first-order valence-corrected chi connectivity index (χ1v) is 10.9. The number of carboxylic acids is 2. The van der Waals surface area contributed by atoms with E-state index in [1.54, 1.807) is 13.8 Å².